The Bertz CT molecular complexity index is 141. The van der Waals surface area contributed by atoms with Crippen LogP contribution in [0.5, 0.6) is 0 Å². The van der Waals surface area contributed by atoms with Gasteiger partial charge in [-0.1, -0.05) is 0 Å². The molecule has 11 heavy (non-hydrogen) atoms. The lowest BCUT2D eigenvalue weighted by atomic mass is 10.3. The molecule has 1 aliphatic rings. The Morgan fingerprint density at radius 3 is 2.55 bits per heavy atom. The van der Waals surface area contributed by atoms with Crippen molar-refractivity contribution in [3.63, 3.8) is 0 Å². The molecule has 0 radical (unpaired) electrons. The van der Waals surface area contributed by atoms with Gasteiger partial charge < -0.3 is 5.73 Å². The van der Waals surface area contributed by atoms with Crippen LogP contribution in [0.2, 0.25) is 0 Å². The molecular weight excluding hydrogens is 160 g/mol. The summed E-state index contributed by atoms with van der Waals surface area (Å²) in [5.41, 5.74) is 5.52. The van der Waals surface area contributed by atoms with Crippen LogP contribution in [0.1, 0.15) is 6.92 Å². The standard InChI is InChI=1S/C7H16N2OS/c1-7(6-8)9-2-4-11(10)5-3-9/h7H,2-6,8H2,1H3. The molecule has 1 fully saturated rings. The highest BCUT2D eigenvalue weighted by Crippen LogP contribution is 2.03. The zero-order valence-electron chi connectivity index (χ0n) is 6.95. The van der Waals surface area contributed by atoms with Gasteiger partial charge in [-0.2, -0.15) is 0 Å². The van der Waals surface area contributed by atoms with Crippen molar-refractivity contribution < 1.29 is 4.21 Å². The van der Waals surface area contributed by atoms with E-state index in [9.17, 15) is 4.21 Å². The van der Waals surface area contributed by atoms with Crippen molar-refractivity contribution in [2.45, 2.75) is 13.0 Å². The molecule has 0 spiro atoms. The summed E-state index contributed by atoms with van der Waals surface area (Å²) in [4.78, 5) is 2.31. The van der Waals surface area contributed by atoms with E-state index >= 15 is 0 Å². The summed E-state index contributed by atoms with van der Waals surface area (Å²) in [6.45, 7) is 4.72. The molecule has 1 unspecified atom stereocenters. The number of nitrogens with two attached hydrogens (primary N) is 1. The molecule has 4 heteroatoms. The van der Waals surface area contributed by atoms with Gasteiger partial charge in [-0.15, -0.1) is 0 Å². The first-order chi connectivity index (χ1) is 5.24. The van der Waals surface area contributed by atoms with Crippen molar-refractivity contribution >= 4 is 10.8 Å². The van der Waals surface area contributed by atoms with Crippen LogP contribution in [0, 0.1) is 0 Å². The van der Waals surface area contributed by atoms with Gasteiger partial charge in [-0.3, -0.25) is 9.11 Å². The highest BCUT2D eigenvalue weighted by atomic mass is 32.2. The smallest absolute Gasteiger partial charge is 0.0363 e. The fourth-order valence-electron chi connectivity index (χ4n) is 1.24. The Morgan fingerprint density at radius 2 is 2.09 bits per heavy atom. The van der Waals surface area contributed by atoms with Crippen molar-refractivity contribution in [3.8, 4) is 0 Å². The van der Waals surface area contributed by atoms with Gasteiger partial charge in [0.1, 0.15) is 0 Å². The van der Waals surface area contributed by atoms with Gasteiger partial charge in [0.15, 0.2) is 0 Å². The van der Waals surface area contributed by atoms with E-state index in [0.29, 0.717) is 12.6 Å². The van der Waals surface area contributed by atoms with E-state index < -0.39 is 10.8 Å². The minimum atomic E-state index is -0.562. The molecule has 1 atom stereocenters. The molecule has 1 rings (SSSR count). The Balaban J connectivity index is 2.32. The van der Waals surface area contributed by atoms with Crippen molar-refractivity contribution in [1.29, 1.82) is 0 Å². The third-order valence-electron chi connectivity index (χ3n) is 2.18. The summed E-state index contributed by atoms with van der Waals surface area (Å²) < 4.78 is 11.0. The molecule has 0 amide bonds. The van der Waals surface area contributed by atoms with Gasteiger partial charge in [-0.25, -0.2) is 0 Å². The predicted octanol–water partition coefficient (Wildman–Crippen LogP) is -0.602. The average Bonchev–Trinajstić information content (AvgIpc) is 2.05. The van der Waals surface area contributed by atoms with Gasteiger partial charge in [0.25, 0.3) is 0 Å². The van der Waals surface area contributed by atoms with Crippen LogP contribution in [0.15, 0.2) is 0 Å². The first-order valence-electron chi connectivity index (χ1n) is 4.03. The van der Waals surface area contributed by atoms with Crippen LogP contribution in [-0.2, 0) is 10.8 Å². The van der Waals surface area contributed by atoms with Gasteiger partial charge in [0, 0.05) is 48.0 Å². The van der Waals surface area contributed by atoms with Crippen molar-refractivity contribution in [3.05, 3.63) is 0 Å². The number of hydrogen-bond donors (Lipinski definition) is 1. The fourth-order valence-corrected chi connectivity index (χ4v) is 2.32. The monoisotopic (exact) mass is 176 g/mol. The largest absolute Gasteiger partial charge is 0.329 e. The highest BCUT2D eigenvalue weighted by Gasteiger charge is 2.18. The van der Waals surface area contributed by atoms with E-state index in [-0.39, 0.29) is 0 Å². The summed E-state index contributed by atoms with van der Waals surface area (Å²) in [5, 5.41) is 0. The van der Waals surface area contributed by atoms with E-state index in [1.54, 1.807) is 0 Å². The molecule has 0 saturated carbocycles. The SMILES string of the molecule is CC(CN)N1CCS(=O)CC1. The van der Waals surface area contributed by atoms with E-state index in [1.807, 2.05) is 0 Å². The molecular formula is C7H16N2OS. The molecule has 0 aromatic rings. The molecule has 2 N–H and O–H groups in total. The van der Waals surface area contributed by atoms with E-state index in [0.717, 1.165) is 24.6 Å². The maximum absolute atomic E-state index is 11.0. The predicted molar refractivity (Wildman–Crippen MR) is 48.0 cm³/mol. The second-order valence-corrected chi connectivity index (χ2v) is 4.66. The van der Waals surface area contributed by atoms with Gasteiger partial charge in [0.2, 0.25) is 0 Å². The number of rotatable bonds is 2. The minimum absolute atomic E-state index is 0.451. The zero-order chi connectivity index (χ0) is 8.27. The van der Waals surface area contributed by atoms with Crippen molar-refractivity contribution in [2.75, 3.05) is 31.1 Å². The topological polar surface area (TPSA) is 46.3 Å². The van der Waals surface area contributed by atoms with Crippen LogP contribution < -0.4 is 5.73 Å². The van der Waals surface area contributed by atoms with Crippen LogP contribution in [-0.4, -0.2) is 46.3 Å². The second kappa shape index (κ2) is 4.18. The first kappa shape index (κ1) is 9.16. The molecule has 0 aromatic carbocycles. The maximum Gasteiger partial charge on any atom is 0.0363 e. The lowest BCUT2D eigenvalue weighted by Gasteiger charge is -2.30. The van der Waals surface area contributed by atoms with E-state index in [2.05, 4.69) is 11.8 Å². The van der Waals surface area contributed by atoms with Gasteiger partial charge >= 0.3 is 0 Å². The first-order valence-corrected chi connectivity index (χ1v) is 5.52. The third-order valence-corrected chi connectivity index (χ3v) is 3.45. The Labute approximate surface area is 70.4 Å². The van der Waals surface area contributed by atoms with E-state index in [1.165, 1.54) is 0 Å². The number of nitrogens with zero attached hydrogens (tertiary/aromatic N) is 1. The maximum atomic E-state index is 11.0. The molecule has 3 nitrogen and oxygen atoms in total. The lowest BCUT2D eigenvalue weighted by Crippen LogP contribution is -2.46. The summed E-state index contributed by atoms with van der Waals surface area (Å²) in [5.74, 6) is 1.65. The van der Waals surface area contributed by atoms with Crippen LogP contribution in [0.3, 0.4) is 0 Å². The average molecular weight is 176 g/mol. The molecule has 0 aromatic heterocycles. The quantitative estimate of drug-likeness (QED) is 0.611. The fraction of sp³-hybridized carbons (Fsp3) is 1.00. The summed E-state index contributed by atoms with van der Waals surface area (Å²) >= 11 is 0. The molecule has 1 saturated heterocycles. The second-order valence-electron chi connectivity index (χ2n) is 2.97. The molecule has 0 bridgehead atoms. The Kier molecular flexibility index (Phi) is 3.48. The number of hydrogen-bond acceptors (Lipinski definition) is 3. The van der Waals surface area contributed by atoms with Crippen molar-refractivity contribution in [1.82, 2.24) is 4.90 Å². The van der Waals surface area contributed by atoms with Crippen LogP contribution in [0.25, 0.3) is 0 Å². The van der Waals surface area contributed by atoms with Gasteiger partial charge in [0.05, 0.1) is 0 Å². The van der Waals surface area contributed by atoms with Gasteiger partial charge in [-0.05, 0) is 6.92 Å². The van der Waals surface area contributed by atoms with Crippen LogP contribution in [0.4, 0.5) is 0 Å². The Morgan fingerprint density at radius 1 is 1.55 bits per heavy atom. The lowest BCUT2D eigenvalue weighted by molar-refractivity contribution is 0.233. The third kappa shape index (κ3) is 2.54. The minimum Gasteiger partial charge on any atom is -0.329 e. The summed E-state index contributed by atoms with van der Waals surface area (Å²) in [6.07, 6.45) is 0. The zero-order valence-corrected chi connectivity index (χ0v) is 7.77. The normalized spacial score (nSPS) is 25.3. The van der Waals surface area contributed by atoms with E-state index in [4.69, 9.17) is 5.73 Å². The highest BCUT2D eigenvalue weighted by molar-refractivity contribution is 7.85. The summed E-state index contributed by atoms with van der Waals surface area (Å²) in [6, 6.07) is 0.451. The van der Waals surface area contributed by atoms with Crippen molar-refractivity contribution in [2.24, 2.45) is 5.73 Å². The molecule has 1 heterocycles. The molecule has 1 aliphatic heterocycles. The Hall–Kier alpha value is 0.0700. The molecule has 66 valence electrons. The van der Waals surface area contributed by atoms with Crippen LogP contribution >= 0.6 is 0 Å². The molecule has 0 aliphatic carbocycles. The summed E-state index contributed by atoms with van der Waals surface area (Å²) in [7, 11) is -0.562.